The van der Waals surface area contributed by atoms with Crippen LogP contribution in [0.2, 0.25) is 0 Å². The van der Waals surface area contributed by atoms with Gasteiger partial charge in [-0.25, -0.2) is 4.98 Å². The van der Waals surface area contributed by atoms with E-state index in [4.69, 9.17) is 10.00 Å². The molecule has 0 aliphatic heterocycles. The minimum absolute atomic E-state index is 0.122. The minimum atomic E-state index is -4.61. The zero-order chi connectivity index (χ0) is 17.7. The van der Waals surface area contributed by atoms with Gasteiger partial charge in [-0.3, -0.25) is 0 Å². The molecule has 0 unspecified atom stereocenters. The molecule has 8 heteroatoms. The maximum Gasteiger partial charge on any atom is 0.421 e. The maximum absolute atomic E-state index is 13.3. The molecule has 126 valence electrons. The van der Waals surface area contributed by atoms with Crippen molar-refractivity contribution in [3.05, 3.63) is 41.6 Å². The lowest BCUT2D eigenvalue weighted by Crippen LogP contribution is -2.19. The molecule has 0 aliphatic rings. The summed E-state index contributed by atoms with van der Waals surface area (Å²) < 4.78 is 45.0. The first-order valence-corrected chi connectivity index (χ1v) is 7.17. The fourth-order valence-electron chi connectivity index (χ4n) is 1.98. The number of anilines is 2. The number of benzene rings is 1. The van der Waals surface area contributed by atoms with Crippen LogP contribution in [0.25, 0.3) is 0 Å². The Bertz CT molecular complexity index is 756. The smallest absolute Gasteiger partial charge is 0.421 e. The average molecular weight is 336 g/mol. The molecule has 0 radical (unpaired) electrons. The Morgan fingerprint density at radius 1 is 1.33 bits per heavy atom. The summed E-state index contributed by atoms with van der Waals surface area (Å²) in [7, 11) is 1.44. The van der Waals surface area contributed by atoms with Crippen molar-refractivity contribution in [3.8, 4) is 12.1 Å². The second kappa shape index (κ2) is 7.17. The molecule has 0 amide bonds. The molecule has 1 aromatic carbocycles. The summed E-state index contributed by atoms with van der Waals surface area (Å²) in [6.45, 7) is 2.17. The number of aromatic nitrogens is 2. The lowest BCUT2D eigenvalue weighted by Gasteiger charge is -2.22. The van der Waals surface area contributed by atoms with Crippen molar-refractivity contribution < 1.29 is 17.9 Å². The highest BCUT2D eigenvalue weighted by Crippen LogP contribution is 2.37. The Labute approximate surface area is 137 Å². The van der Waals surface area contributed by atoms with Crippen molar-refractivity contribution >= 4 is 11.5 Å². The summed E-state index contributed by atoms with van der Waals surface area (Å²) in [4.78, 5) is 8.77. The zero-order valence-corrected chi connectivity index (χ0v) is 13.1. The maximum atomic E-state index is 13.3. The second-order valence-corrected chi connectivity index (χ2v) is 4.96. The van der Waals surface area contributed by atoms with E-state index in [2.05, 4.69) is 9.97 Å². The van der Waals surface area contributed by atoms with Gasteiger partial charge in [-0.2, -0.15) is 23.4 Å². The lowest BCUT2D eigenvalue weighted by molar-refractivity contribution is -0.137. The monoisotopic (exact) mass is 336 g/mol. The fraction of sp³-hybridized carbons (Fsp3) is 0.312. The Morgan fingerprint density at radius 2 is 2.08 bits per heavy atom. The van der Waals surface area contributed by atoms with E-state index in [9.17, 15) is 13.2 Å². The van der Waals surface area contributed by atoms with Gasteiger partial charge in [-0.15, -0.1) is 0 Å². The van der Waals surface area contributed by atoms with Gasteiger partial charge >= 0.3 is 12.2 Å². The Kier molecular flexibility index (Phi) is 5.24. The topological polar surface area (TPSA) is 62.0 Å². The largest absolute Gasteiger partial charge is 0.463 e. The minimum Gasteiger partial charge on any atom is -0.463 e. The van der Waals surface area contributed by atoms with Gasteiger partial charge in [0, 0.05) is 18.9 Å². The average Bonchev–Trinajstić information content (AvgIpc) is 2.58. The lowest BCUT2D eigenvalue weighted by atomic mass is 10.2. The third-order valence-corrected chi connectivity index (χ3v) is 3.17. The van der Waals surface area contributed by atoms with Crippen LogP contribution in [0.3, 0.4) is 0 Å². The summed E-state index contributed by atoms with van der Waals surface area (Å²) in [5.41, 5.74) is -0.236. The van der Waals surface area contributed by atoms with E-state index in [1.54, 1.807) is 18.2 Å². The highest BCUT2D eigenvalue weighted by atomic mass is 19.4. The van der Waals surface area contributed by atoms with E-state index in [1.165, 1.54) is 18.0 Å². The van der Waals surface area contributed by atoms with Crippen molar-refractivity contribution in [3.63, 3.8) is 0 Å². The molecule has 5 nitrogen and oxygen atoms in total. The first-order valence-electron chi connectivity index (χ1n) is 7.17. The molecule has 0 aliphatic carbocycles. The molecule has 0 bridgehead atoms. The van der Waals surface area contributed by atoms with Crippen LogP contribution in [0.5, 0.6) is 6.01 Å². The van der Waals surface area contributed by atoms with E-state index in [-0.39, 0.29) is 11.8 Å². The summed E-state index contributed by atoms with van der Waals surface area (Å²) in [6.07, 6.45) is -3.22. The van der Waals surface area contributed by atoms with Crippen molar-refractivity contribution in [2.45, 2.75) is 19.5 Å². The number of halogens is 3. The standard InChI is InChI=1S/C16H15F3N4O/c1-3-7-24-15-21-10-13(16(17,18)19)14(22-15)23(2)12-6-4-5-11(8-12)9-20/h4-6,8,10H,3,7H2,1-2H3. The molecule has 0 atom stereocenters. The highest BCUT2D eigenvalue weighted by molar-refractivity contribution is 5.64. The molecule has 0 N–H and O–H groups in total. The van der Waals surface area contributed by atoms with E-state index < -0.39 is 11.7 Å². The van der Waals surface area contributed by atoms with E-state index in [0.717, 1.165) is 0 Å². The summed E-state index contributed by atoms with van der Waals surface area (Å²) in [6, 6.07) is 8.06. The molecule has 0 saturated carbocycles. The van der Waals surface area contributed by atoms with Crippen molar-refractivity contribution in [2.24, 2.45) is 0 Å². The molecule has 2 aromatic rings. The van der Waals surface area contributed by atoms with E-state index >= 15 is 0 Å². The molecule has 0 saturated heterocycles. The summed E-state index contributed by atoms with van der Waals surface area (Å²) in [5, 5.41) is 8.95. The number of rotatable bonds is 5. The normalized spacial score (nSPS) is 11.0. The van der Waals surface area contributed by atoms with E-state index in [0.29, 0.717) is 30.5 Å². The quantitative estimate of drug-likeness (QED) is 0.828. The van der Waals surface area contributed by atoms with Gasteiger partial charge in [0.1, 0.15) is 5.56 Å². The number of nitrogens with zero attached hydrogens (tertiary/aromatic N) is 4. The molecular weight excluding hydrogens is 321 g/mol. The molecular formula is C16H15F3N4O. The molecule has 2 rings (SSSR count). The van der Waals surface area contributed by atoms with Crippen LogP contribution in [-0.4, -0.2) is 23.6 Å². The number of ether oxygens (including phenoxy) is 1. The van der Waals surface area contributed by atoms with Crippen LogP contribution in [0.4, 0.5) is 24.7 Å². The Hall–Kier alpha value is -2.82. The summed E-state index contributed by atoms with van der Waals surface area (Å²) in [5.74, 6) is -0.335. The van der Waals surface area contributed by atoms with Crippen LogP contribution in [0.15, 0.2) is 30.5 Å². The van der Waals surface area contributed by atoms with E-state index in [1.807, 2.05) is 13.0 Å². The second-order valence-electron chi connectivity index (χ2n) is 4.96. The van der Waals surface area contributed by atoms with Gasteiger partial charge in [0.05, 0.1) is 18.2 Å². The molecule has 1 aromatic heterocycles. The van der Waals surface area contributed by atoms with Crippen LogP contribution >= 0.6 is 0 Å². The highest BCUT2D eigenvalue weighted by Gasteiger charge is 2.36. The van der Waals surface area contributed by atoms with Crippen LogP contribution in [-0.2, 0) is 6.18 Å². The molecule has 0 fully saturated rings. The van der Waals surface area contributed by atoms with Gasteiger partial charge in [0.25, 0.3) is 0 Å². The SMILES string of the molecule is CCCOc1ncc(C(F)(F)F)c(N(C)c2cccc(C#N)c2)n1. The van der Waals surface area contributed by atoms with Crippen LogP contribution in [0.1, 0.15) is 24.5 Å². The van der Waals surface area contributed by atoms with Crippen molar-refractivity contribution in [1.29, 1.82) is 5.26 Å². The van der Waals surface area contributed by atoms with Crippen molar-refractivity contribution in [1.82, 2.24) is 9.97 Å². The van der Waals surface area contributed by atoms with Gasteiger partial charge in [-0.05, 0) is 24.6 Å². The van der Waals surface area contributed by atoms with Gasteiger partial charge in [0.2, 0.25) is 0 Å². The number of hydrogen-bond donors (Lipinski definition) is 0. The van der Waals surface area contributed by atoms with Crippen LogP contribution < -0.4 is 9.64 Å². The predicted octanol–water partition coefficient (Wildman–Crippen LogP) is 3.92. The number of nitriles is 1. The predicted molar refractivity (Wildman–Crippen MR) is 82.0 cm³/mol. The third-order valence-electron chi connectivity index (χ3n) is 3.17. The molecule has 1 heterocycles. The number of hydrogen-bond acceptors (Lipinski definition) is 5. The van der Waals surface area contributed by atoms with Crippen LogP contribution in [0, 0.1) is 11.3 Å². The Balaban J connectivity index is 2.49. The third kappa shape index (κ3) is 3.93. The summed E-state index contributed by atoms with van der Waals surface area (Å²) >= 11 is 0. The Morgan fingerprint density at radius 3 is 2.71 bits per heavy atom. The van der Waals surface area contributed by atoms with Gasteiger partial charge in [-0.1, -0.05) is 13.0 Å². The first kappa shape index (κ1) is 17.5. The fourth-order valence-corrected chi connectivity index (χ4v) is 1.98. The zero-order valence-electron chi connectivity index (χ0n) is 13.1. The first-order chi connectivity index (χ1) is 11.4. The van der Waals surface area contributed by atoms with Gasteiger partial charge in [0.15, 0.2) is 5.82 Å². The van der Waals surface area contributed by atoms with Gasteiger partial charge < -0.3 is 9.64 Å². The molecule has 24 heavy (non-hydrogen) atoms. The molecule has 0 spiro atoms. The van der Waals surface area contributed by atoms with Crippen molar-refractivity contribution in [2.75, 3.05) is 18.6 Å². The number of alkyl halides is 3.